The maximum Gasteiger partial charge on any atom is 0.318 e. The number of aliphatic carboxylic acids is 1. The highest BCUT2D eigenvalue weighted by Crippen LogP contribution is 2.44. The van der Waals surface area contributed by atoms with Crippen molar-refractivity contribution in [2.75, 3.05) is 19.6 Å². The van der Waals surface area contributed by atoms with Gasteiger partial charge in [-0.15, -0.1) is 0 Å². The highest BCUT2D eigenvalue weighted by atomic mass is 16.4. The summed E-state index contributed by atoms with van der Waals surface area (Å²) in [5.41, 5.74) is 0.177. The van der Waals surface area contributed by atoms with Crippen LogP contribution in [0.5, 0.6) is 0 Å². The molecule has 0 aromatic carbocycles. The SMILES string of the molecule is CC1(CNC(=O)N2CCNC(=O)C2CC(=O)O)CC1. The van der Waals surface area contributed by atoms with E-state index in [0.29, 0.717) is 19.6 Å². The predicted octanol–water partition coefficient (Wildman–Crippen LogP) is -0.229. The molecule has 0 spiro atoms. The third-order valence-corrected chi connectivity index (χ3v) is 3.73. The van der Waals surface area contributed by atoms with E-state index in [0.717, 1.165) is 12.8 Å². The molecule has 3 N–H and O–H groups in total. The van der Waals surface area contributed by atoms with Gasteiger partial charge >= 0.3 is 12.0 Å². The molecule has 0 aromatic rings. The van der Waals surface area contributed by atoms with E-state index < -0.39 is 17.9 Å². The second-order valence-corrected chi connectivity index (χ2v) is 5.57. The lowest BCUT2D eigenvalue weighted by Crippen LogP contribution is -2.60. The highest BCUT2D eigenvalue weighted by molar-refractivity contribution is 5.91. The van der Waals surface area contributed by atoms with Crippen LogP contribution in [0, 0.1) is 5.41 Å². The average molecular weight is 269 g/mol. The van der Waals surface area contributed by atoms with Gasteiger partial charge in [-0.2, -0.15) is 0 Å². The normalized spacial score (nSPS) is 24.6. The van der Waals surface area contributed by atoms with Crippen molar-refractivity contribution in [1.29, 1.82) is 0 Å². The van der Waals surface area contributed by atoms with Gasteiger partial charge < -0.3 is 20.6 Å². The summed E-state index contributed by atoms with van der Waals surface area (Å²) in [4.78, 5) is 35.8. The summed E-state index contributed by atoms with van der Waals surface area (Å²) >= 11 is 0. The first-order chi connectivity index (χ1) is 8.91. The Bertz CT molecular complexity index is 406. The second kappa shape index (κ2) is 5.07. The summed E-state index contributed by atoms with van der Waals surface area (Å²) in [6, 6.07) is -1.27. The van der Waals surface area contributed by atoms with Crippen molar-refractivity contribution in [2.45, 2.75) is 32.2 Å². The molecule has 1 saturated heterocycles. The first-order valence-electron chi connectivity index (χ1n) is 6.45. The first kappa shape index (κ1) is 13.6. The fourth-order valence-electron chi connectivity index (χ4n) is 2.11. The van der Waals surface area contributed by atoms with Gasteiger partial charge in [0.25, 0.3) is 0 Å². The van der Waals surface area contributed by atoms with E-state index in [1.54, 1.807) is 0 Å². The lowest BCUT2D eigenvalue weighted by Gasteiger charge is -2.34. The largest absolute Gasteiger partial charge is 0.481 e. The van der Waals surface area contributed by atoms with Crippen molar-refractivity contribution in [3.8, 4) is 0 Å². The van der Waals surface area contributed by atoms with Gasteiger partial charge in [-0.3, -0.25) is 9.59 Å². The molecule has 1 aliphatic carbocycles. The van der Waals surface area contributed by atoms with Gasteiger partial charge in [0.05, 0.1) is 6.42 Å². The molecule has 3 amide bonds. The Labute approximate surface area is 111 Å². The fraction of sp³-hybridized carbons (Fsp3) is 0.750. The number of rotatable bonds is 4. The Morgan fingerprint density at radius 3 is 2.79 bits per heavy atom. The average Bonchev–Trinajstić information content (AvgIpc) is 3.07. The zero-order valence-corrected chi connectivity index (χ0v) is 10.9. The smallest absolute Gasteiger partial charge is 0.318 e. The van der Waals surface area contributed by atoms with Crippen molar-refractivity contribution in [3.63, 3.8) is 0 Å². The molecular weight excluding hydrogens is 250 g/mol. The minimum atomic E-state index is -1.09. The topological polar surface area (TPSA) is 98.7 Å². The first-order valence-corrected chi connectivity index (χ1v) is 6.45. The van der Waals surface area contributed by atoms with Gasteiger partial charge in [0.15, 0.2) is 0 Å². The zero-order valence-electron chi connectivity index (χ0n) is 10.9. The third-order valence-electron chi connectivity index (χ3n) is 3.73. The van der Waals surface area contributed by atoms with E-state index in [1.807, 2.05) is 0 Å². The Balaban J connectivity index is 1.95. The van der Waals surface area contributed by atoms with Gasteiger partial charge in [0.2, 0.25) is 5.91 Å². The minimum absolute atomic E-state index is 0.177. The Morgan fingerprint density at radius 2 is 2.21 bits per heavy atom. The maximum absolute atomic E-state index is 12.1. The summed E-state index contributed by atoms with van der Waals surface area (Å²) in [6.45, 7) is 3.36. The standard InChI is InChI=1S/C12H19N3O4/c1-12(2-3-12)7-14-11(19)15-5-4-13-10(18)8(15)6-9(16)17/h8H,2-7H2,1H3,(H,13,18)(H,14,19)(H,16,17). The molecule has 1 aliphatic heterocycles. The van der Waals surface area contributed by atoms with Gasteiger partial charge in [0, 0.05) is 19.6 Å². The Hall–Kier alpha value is -1.79. The zero-order chi connectivity index (χ0) is 14.0. The number of piperazine rings is 1. The van der Waals surface area contributed by atoms with Crippen LogP contribution in [0.15, 0.2) is 0 Å². The van der Waals surface area contributed by atoms with E-state index in [1.165, 1.54) is 4.90 Å². The molecule has 2 aliphatic rings. The summed E-state index contributed by atoms with van der Waals surface area (Å²) in [7, 11) is 0. The molecule has 7 nitrogen and oxygen atoms in total. The predicted molar refractivity (Wildman–Crippen MR) is 66.5 cm³/mol. The van der Waals surface area contributed by atoms with Crippen LogP contribution >= 0.6 is 0 Å². The summed E-state index contributed by atoms with van der Waals surface area (Å²) < 4.78 is 0. The van der Waals surface area contributed by atoms with Crippen LogP contribution in [0.2, 0.25) is 0 Å². The second-order valence-electron chi connectivity index (χ2n) is 5.57. The number of amides is 3. The van der Waals surface area contributed by atoms with Crippen LogP contribution in [0.3, 0.4) is 0 Å². The minimum Gasteiger partial charge on any atom is -0.481 e. The quantitative estimate of drug-likeness (QED) is 0.656. The number of hydrogen-bond donors (Lipinski definition) is 3. The summed E-state index contributed by atoms with van der Waals surface area (Å²) in [5.74, 6) is -1.49. The van der Waals surface area contributed by atoms with Crippen LogP contribution in [-0.4, -0.2) is 53.6 Å². The highest BCUT2D eigenvalue weighted by Gasteiger charge is 2.39. The van der Waals surface area contributed by atoms with Crippen LogP contribution < -0.4 is 10.6 Å². The Morgan fingerprint density at radius 1 is 1.53 bits per heavy atom. The number of carbonyl (C=O) groups excluding carboxylic acids is 2. The van der Waals surface area contributed by atoms with Crippen molar-refractivity contribution < 1.29 is 19.5 Å². The molecule has 2 fully saturated rings. The lowest BCUT2D eigenvalue weighted by molar-refractivity contribution is -0.142. The fourth-order valence-corrected chi connectivity index (χ4v) is 2.11. The van der Waals surface area contributed by atoms with Gasteiger partial charge in [-0.1, -0.05) is 6.92 Å². The molecule has 1 heterocycles. The van der Waals surface area contributed by atoms with E-state index in [-0.39, 0.29) is 17.9 Å². The number of urea groups is 1. The molecule has 0 radical (unpaired) electrons. The van der Waals surface area contributed by atoms with Crippen LogP contribution in [0.25, 0.3) is 0 Å². The van der Waals surface area contributed by atoms with E-state index in [4.69, 9.17) is 5.11 Å². The van der Waals surface area contributed by atoms with Crippen molar-refractivity contribution in [2.24, 2.45) is 5.41 Å². The number of nitrogens with one attached hydrogen (secondary N) is 2. The van der Waals surface area contributed by atoms with Crippen molar-refractivity contribution in [3.05, 3.63) is 0 Å². The monoisotopic (exact) mass is 269 g/mol. The molecule has 7 heteroatoms. The molecule has 1 atom stereocenters. The van der Waals surface area contributed by atoms with Gasteiger partial charge in [-0.25, -0.2) is 4.79 Å². The molecule has 106 valence electrons. The van der Waals surface area contributed by atoms with Gasteiger partial charge in [-0.05, 0) is 18.3 Å². The summed E-state index contributed by atoms with van der Waals surface area (Å²) in [5, 5.41) is 14.2. The van der Waals surface area contributed by atoms with Crippen LogP contribution in [0.1, 0.15) is 26.2 Å². The maximum atomic E-state index is 12.1. The van der Waals surface area contributed by atoms with Gasteiger partial charge in [0.1, 0.15) is 6.04 Å². The number of carbonyl (C=O) groups is 3. The van der Waals surface area contributed by atoms with Crippen LogP contribution in [0.4, 0.5) is 4.79 Å². The lowest BCUT2D eigenvalue weighted by atomic mass is 10.1. The third kappa shape index (κ3) is 3.36. The number of hydrogen-bond acceptors (Lipinski definition) is 3. The molecule has 1 saturated carbocycles. The van der Waals surface area contributed by atoms with E-state index in [9.17, 15) is 14.4 Å². The number of nitrogens with zero attached hydrogens (tertiary/aromatic N) is 1. The molecule has 1 unspecified atom stereocenters. The van der Waals surface area contributed by atoms with E-state index in [2.05, 4.69) is 17.6 Å². The molecular formula is C12H19N3O4. The summed E-state index contributed by atoms with van der Waals surface area (Å²) in [6.07, 6.45) is 1.81. The molecule has 19 heavy (non-hydrogen) atoms. The molecule has 2 rings (SSSR count). The van der Waals surface area contributed by atoms with Crippen molar-refractivity contribution >= 4 is 17.9 Å². The van der Waals surface area contributed by atoms with Crippen molar-refractivity contribution in [1.82, 2.24) is 15.5 Å². The molecule has 0 bridgehead atoms. The van der Waals surface area contributed by atoms with Crippen LogP contribution in [-0.2, 0) is 9.59 Å². The molecule has 0 aromatic heterocycles. The number of carboxylic acid groups (broad SMARTS) is 1. The Kier molecular flexibility index (Phi) is 3.64. The van der Waals surface area contributed by atoms with E-state index >= 15 is 0 Å². The number of carboxylic acids is 1.